The van der Waals surface area contributed by atoms with Crippen LogP contribution in [0.25, 0.3) is 22.7 Å². The first-order valence-electron chi connectivity index (χ1n) is 9.28. The normalized spacial score (nSPS) is 11.2. The topological polar surface area (TPSA) is 77.1 Å². The molecule has 0 aliphatic heterocycles. The zero-order chi connectivity index (χ0) is 22.8. The van der Waals surface area contributed by atoms with Gasteiger partial charge in [-0.1, -0.05) is 57.6 Å². The molecule has 0 bridgehead atoms. The number of benzene rings is 1. The average Bonchev–Trinajstić information content (AvgIpc) is 3.41. The van der Waals surface area contributed by atoms with Crippen LogP contribution in [-0.4, -0.2) is 30.4 Å². The van der Waals surface area contributed by atoms with Crippen molar-refractivity contribution in [2.45, 2.75) is 11.4 Å². The van der Waals surface area contributed by atoms with Crippen LogP contribution in [0.4, 0.5) is 5.69 Å². The van der Waals surface area contributed by atoms with Gasteiger partial charge in [-0.15, -0.1) is 0 Å². The second-order valence-electron chi connectivity index (χ2n) is 6.75. The summed E-state index contributed by atoms with van der Waals surface area (Å²) in [6.07, 6.45) is 4.97. The van der Waals surface area contributed by atoms with Crippen molar-refractivity contribution in [2.75, 3.05) is 4.90 Å². The lowest BCUT2D eigenvalue weighted by Crippen LogP contribution is -2.35. The second kappa shape index (κ2) is 9.50. The van der Waals surface area contributed by atoms with Gasteiger partial charge in [0.25, 0.3) is 5.91 Å². The third-order valence-corrected chi connectivity index (χ3v) is 5.71. The molecular weight excluding hydrogens is 496 g/mol. The molecule has 7 nitrogen and oxygen atoms in total. The van der Waals surface area contributed by atoms with Gasteiger partial charge in [0.05, 0.1) is 16.6 Å². The molecule has 0 aliphatic rings. The largest absolute Gasteiger partial charge is 0.354 e. The highest BCUT2D eigenvalue weighted by molar-refractivity contribution is 6.54. The highest BCUT2D eigenvalue weighted by atomic mass is 35.5. The summed E-state index contributed by atoms with van der Waals surface area (Å²) in [5, 5.41) is 4.97. The smallest absolute Gasteiger partial charge is 0.260 e. The van der Waals surface area contributed by atoms with E-state index in [2.05, 4.69) is 15.1 Å². The van der Waals surface area contributed by atoms with E-state index < -0.39 is 10.7 Å². The van der Waals surface area contributed by atoms with E-state index in [9.17, 15) is 4.79 Å². The number of imidazole rings is 1. The van der Waals surface area contributed by atoms with Crippen LogP contribution in [0.1, 0.15) is 5.82 Å². The number of carbonyl (C=O) groups excluding carboxylic acids is 1. The number of nitrogens with zero attached hydrogens (tertiary/aromatic N) is 5. The van der Waals surface area contributed by atoms with Gasteiger partial charge < -0.3 is 14.0 Å². The molecule has 0 N–H and O–H groups in total. The molecule has 164 valence electrons. The molecule has 0 aliphatic carbocycles. The molecule has 4 rings (SSSR count). The molecule has 0 saturated heterocycles. The highest BCUT2D eigenvalue weighted by Crippen LogP contribution is 2.36. The van der Waals surface area contributed by atoms with Gasteiger partial charge in [-0.25, -0.2) is 4.98 Å². The quantitative estimate of drug-likeness (QED) is 0.307. The summed E-state index contributed by atoms with van der Waals surface area (Å²) in [6.45, 7) is 0.165. The third-order valence-electron chi connectivity index (χ3n) is 4.71. The number of pyridine rings is 1. The molecule has 0 atom stereocenters. The lowest BCUT2D eigenvalue weighted by atomic mass is 10.1. The fourth-order valence-electron chi connectivity index (χ4n) is 3.08. The molecule has 1 amide bonds. The Labute approximate surface area is 203 Å². The zero-order valence-corrected chi connectivity index (χ0v) is 19.6. The number of aromatic nitrogens is 4. The van der Waals surface area contributed by atoms with Crippen molar-refractivity contribution in [1.29, 1.82) is 0 Å². The van der Waals surface area contributed by atoms with E-state index in [1.165, 1.54) is 4.90 Å². The average molecular weight is 511 g/mol. The van der Waals surface area contributed by atoms with Crippen molar-refractivity contribution >= 4 is 58.0 Å². The Morgan fingerprint density at radius 2 is 1.84 bits per heavy atom. The fraction of sp³-hybridized carbons (Fsp3) is 0.143. The van der Waals surface area contributed by atoms with Crippen LogP contribution in [-0.2, 0) is 18.4 Å². The Bertz CT molecular complexity index is 1250. The first kappa shape index (κ1) is 22.6. The van der Waals surface area contributed by atoms with Crippen molar-refractivity contribution in [1.82, 2.24) is 19.7 Å². The number of rotatable bonds is 6. The third kappa shape index (κ3) is 4.61. The van der Waals surface area contributed by atoms with Gasteiger partial charge in [0, 0.05) is 43.0 Å². The van der Waals surface area contributed by atoms with E-state index in [0.29, 0.717) is 44.3 Å². The first-order valence-corrected chi connectivity index (χ1v) is 10.9. The number of alkyl halides is 2. The number of aryl methyl sites for hydroxylation is 1. The summed E-state index contributed by atoms with van der Waals surface area (Å²) < 4.78 is 7.28. The standard InChI is InChI=1S/C21H15Cl4N5O2/c1-29-8-7-27-18(29)11-30(21(31)20(24)25)12-5-6-26-15(9-12)17-10-16(28-32-17)19-13(22)3-2-4-14(19)23/h2-10,20H,11H2,1H3. The molecule has 0 unspecified atom stereocenters. The molecule has 0 radical (unpaired) electrons. The zero-order valence-electron chi connectivity index (χ0n) is 16.5. The minimum atomic E-state index is -1.24. The minimum absolute atomic E-state index is 0.165. The Morgan fingerprint density at radius 1 is 1.09 bits per heavy atom. The number of halogens is 4. The molecule has 11 heteroatoms. The van der Waals surface area contributed by atoms with Crippen LogP contribution in [0.2, 0.25) is 10.0 Å². The Hall–Kier alpha value is -2.58. The predicted molar refractivity (Wildman–Crippen MR) is 125 cm³/mol. The molecule has 0 spiro atoms. The summed E-state index contributed by atoms with van der Waals surface area (Å²) >= 11 is 24.3. The van der Waals surface area contributed by atoms with Crippen LogP contribution in [0.15, 0.2) is 59.5 Å². The van der Waals surface area contributed by atoms with E-state index in [-0.39, 0.29) is 6.54 Å². The summed E-state index contributed by atoms with van der Waals surface area (Å²) in [6, 6.07) is 10.2. The van der Waals surface area contributed by atoms with E-state index in [4.69, 9.17) is 50.9 Å². The molecule has 3 heterocycles. The van der Waals surface area contributed by atoms with E-state index in [0.717, 1.165) is 0 Å². The van der Waals surface area contributed by atoms with E-state index >= 15 is 0 Å². The van der Waals surface area contributed by atoms with Gasteiger partial charge in [0.1, 0.15) is 17.2 Å². The van der Waals surface area contributed by atoms with E-state index in [1.54, 1.807) is 59.6 Å². The second-order valence-corrected chi connectivity index (χ2v) is 8.66. The Kier molecular flexibility index (Phi) is 6.71. The number of carbonyl (C=O) groups is 1. The van der Waals surface area contributed by atoms with Gasteiger partial charge in [0.2, 0.25) is 0 Å². The number of amides is 1. The maximum absolute atomic E-state index is 12.7. The summed E-state index contributed by atoms with van der Waals surface area (Å²) in [5.41, 5.74) is 1.98. The maximum atomic E-state index is 12.7. The van der Waals surface area contributed by atoms with Crippen LogP contribution >= 0.6 is 46.4 Å². The number of anilines is 1. The first-order chi connectivity index (χ1) is 15.3. The summed E-state index contributed by atoms with van der Waals surface area (Å²) in [4.78, 5) is 21.5. The van der Waals surface area contributed by atoms with Gasteiger partial charge in [-0.2, -0.15) is 0 Å². The van der Waals surface area contributed by atoms with Crippen LogP contribution in [0.3, 0.4) is 0 Å². The maximum Gasteiger partial charge on any atom is 0.260 e. The monoisotopic (exact) mass is 509 g/mol. The Morgan fingerprint density at radius 3 is 2.50 bits per heavy atom. The van der Waals surface area contributed by atoms with Gasteiger partial charge in [-0.05, 0) is 24.3 Å². The SMILES string of the molecule is Cn1ccnc1CN(C(=O)C(Cl)Cl)c1ccnc(-c2cc(-c3c(Cl)cccc3Cl)no2)c1. The number of hydrogen-bond acceptors (Lipinski definition) is 5. The molecule has 0 fully saturated rings. The van der Waals surface area contributed by atoms with Gasteiger partial charge >= 0.3 is 0 Å². The van der Waals surface area contributed by atoms with Crippen molar-refractivity contribution < 1.29 is 9.32 Å². The molecule has 4 aromatic rings. The molecule has 0 saturated carbocycles. The van der Waals surface area contributed by atoms with Crippen LogP contribution < -0.4 is 4.90 Å². The van der Waals surface area contributed by atoms with E-state index in [1.807, 2.05) is 7.05 Å². The summed E-state index contributed by atoms with van der Waals surface area (Å²) in [5.74, 6) is 0.533. The fourth-order valence-corrected chi connectivity index (χ4v) is 3.91. The summed E-state index contributed by atoms with van der Waals surface area (Å²) in [7, 11) is 1.83. The van der Waals surface area contributed by atoms with Crippen molar-refractivity contribution in [3.05, 3.63) is 70.9 Å². The van der Waals surface area contributed by atoms with Crippen LogP contribution in [0, 0.1) is 0 Å². The van der Waals surface area contributed by atoms with Crippen LogP contribution in [0.5, 0.6) is 0 Å². The van der Waals surface area contributed by atoms with Crippen molar-refractivity contribution in [3.63, 3.8) is 0 Å². The highest BCUT2D eigenvalue weighted by Gasteiger charge is 2.24. The molecule has 32 heavy (non-hydrogen) atoms. The lowest BCUT2D eigenvalue weighted by molar-refractivity contribution is -0.117. The molecule has 1 aromatic carbocycles. The predicted octanol–water partition coefficient (Wildman–Crippen LogP) is 5.78. The van der Waals surface area contributed by atoms with Crippen molar-refractivity contribution in [3.8, 4) is 22.7 Å². The lowest BCUT2D eigenvalue weighted by Gasteiger charge is -2.23. The van der Waals surface area contributed by atoms with Gasteiger partial charge in [0.15, 0.2) is 10.6 Å². The Balaban J connectivity index is 1.70. The van der Waals surface area contributed by atoms with Gasteiger partial charge in [-0.3, -0.25) is 9.78 Å². The number of hydrogen-bond donors (Lipinski definition) is 0. The molecular formula is C21H15Cl4N5O2. The van der Waals surface area contributed by atoms with Crippen molar-refractivity contribution in [2.24, 2.45) is 7.05 Å². The molecule has 3 aromatic heterocycles. The minimum Gasteiger partial charge on any atom is -0.354 e.